The Morgan fingerprint density at radius 2 is 1.85 bits per heavy atom. The number of carbonyl (C=O) groups excluding carboxylic acids is 1. The van der Waals surface area contributed by atoms with Gasteiger partial charge in [-0.05, 0) is 37.6 Å². The summed E-state index contributed by atoms with van der Waals surface area (Å²) in [6.45, 7) is 5.03. The second kappa shape index (κ2) is 6.83. The molecule has 0 saturated carbocycles. The van der Waals surface area contributed by atoms with Crippen LogP contribution in [0.15, 0.2) is 23.1 Å². The number of carbonyl (C=O) groups is 1. The summed E-state index contributed by atoms with van der Waals surface area (Å²) in [6, 6.07) is 4.34. The predicted molar refractivity (Wildman–Crippen MR) is 75.8 cm³/mol. The predicted octanol–water partition coefficient (Wildman–Crippen LogP) is 0.962. The number of rotatable bonds is 6. The standard InChI is InChI=1S/C13H20N2O4S/c1-4-15(5-2)13(16)11-6-10(9-19-3)7-12(8-11)20(14,17)18/h6-8H,4-5,9H2,1-3H3,(H2,14,17,18). The Labute approximate surface area is 119 Å². The minimum absolute atomic E-state index is 0.0810. The molecule has 0 radical (unpaired) electrons. The maximum Gasteiger partial charge on any atom is 0.253 e. The van der Waals surface area contributed by atoms with Gasteiger partial charge in [0.05, 0.1) is 11.5 Å². The molecule has 1 amide bonds. The van der Waals surface area contributed by atoms with Crippen LogP contribution in [0.3, 0.4) is 0 Å². The summed E-state index contributed by atoms with van der Waals surface area (Å²) < 4.78 is 28.0. The van der Waals surface area contributed by atoms with Crippen LogP contribution in [0.2, 0.25) is 0 Å². The summed E-state index contributed by atoms with van der Waals surface area (Å²) in [7, 11) is -2.37. The number of nitrogens with zero attached hydrogens (tertiary/aromatic N) is 1. The van der Waals surface area contributed by atoms with Crippen LogP contribution in [0.25, 0.3) is 0 Å². The molecule has 6 nitrogen and oxygen atoms in total. The fraction of sp³-hybridized carbons (Fsp3) is 0.462. The van der Waals surface area contributed by atoms with Crippen molar-refractivity contribution in [3.05, 3.63) is 29.3 Å². The van der Waals surface area contributed by atoms with E-state index in [0.29, 0.717) is 24.2 Å². The quantitative estimate of drug-likeness (QED) is 0.847. The van der Waals surface area contributed by atoms with E-state index in [2.05, 4.69) is 0 Å². The van der Waals surface area contributed by atoms with E-state index in [1.54, 1.807) is 11.0 Å². The number of hydrogen-bond donors (Lipinski definition) is 1. The van der Waals surface area contributed by atoms with Crippen LogP contribution >= 0.6 is 0 Å². The molecule has 0 atom stereocenters. The first-order valence-electron chi connectivity index (χ1n) is 6.28. The summed E-state index contributed by atoms with van der Waals surface area (Å²) in [5, 5.41) is 5.14. The second-order valence-corrected chi connectivity index (χ2v) is 5.88. The number of sulfonamides is 1. The monoisotopic (exact) mass is 300 g/mol. The van der Waals surface area contributed by atoms with Gasteiger partial charge in [0.15, 0.2) is 0 Å². The number of primary sulfonamides is 1. The number of nitrogens with two attached hydrogens (primary N) is 1. The van der Waals surface area contributed by atoms with Crippen LogP contribution in [0.1, 0.15) is 29.8 Å². The topological polar surface area (TPSA) is 89.7 Å². The second-order valence-electron chi connectivity index (χ2n) is 4.32. The Balaban J connectivity index is 3.32. The van der Waals surface area contributed by atoms with Crippen molar-refractivity contribution in [2.45, 2.75) is 25.3 Å². The fourth-order valence-corrected chi connectivity index (χ4v) is 2.50. The fourth-order valence-electron chi connectivity index (χ4n) is 1.89. The lowest BCUT2D eigenvalue weighted by Gasteiger charge is -2.19. The van der Waals surface area contributed by atoms with Crippen molar-refractivity contribution in [2.75, 3.05) is 20.2 Å². The Morgan fingerprint density at radius 1 is 1.25 bits per heavy atom. The number of benzene rings is 1. The van der Waals surface area contributed by atoms with E-state index < -0.39 is 10.0 Å². The SMILES string of the molecule is CCN(CC)C(=O)c1cc(COC)cc(S(N)(=O)=O)c1. The van der Waals surface area contributed by atoms with Gasteiger partial charge in [0.2, 0.25) is 10.0 Å². The summed E-state index contributed by atoms with van der Waals surface area (Å²) in [4.78, 5) is 13.8. The molecule has 112 valence electrons. The highest BCUT2D eigenvalue weighted by atomic mass is 32.2. The van der Waals surface area contributed by atoms with Crippen molar-refractivity contribution in [3.8, 4) is 0 Å². The summed E-state index contributed by atoms with van der Waals surface area (Å²) >= 11 is 0. The third-order valence-corrected chi connectivity index (χ3v) is 3.80. The van der Waals surface area contributed by atoms with Crippen LogP contribution in [-0.4, -0.2) is 39.4 Å². The smallest absolute Gasteiger partial charge is 0.253 e. The molecule has 0 saturated heterocycles. The molecule has 1 rings (SSSR count). The number of ether oxygens (including phenoxy) is 1. The first kappa shape index (κ1) is 16.6. The van der Waals surface area contributed by atoms with E-state index in [1.165, 1.54) is 19.2 Å². The highest BCUT2D eigenvalue weighted by Gasteiger charge is 2.17. The van der Waals surface area contributed by atoms with Gasteiger partial charge in [-0.3, -0.25) is 4.79 Å². The summed E-state index contributed by atoms with van der Waals surface area (Å²) in [5.74, 6) is -0.224. The highest BCUT2D eigenvalue weighted by molar-refractivity contribution is 7.89. The third kappa shape index (κ3) is 4.03. The zero-order valence-corrected chi connectivity index (χ0v) is 12.7. The van der Waals surface area contributed by atoms with Crippen LogP contribution < -0.4 is 5.14 Å². The number of hydrogen-bond acceptors (Lipinski definition) is 4. The molecule has 20 heavy (non-hydrogen) atoms. The minimum atomic E-state index is -3.87. The Kier molecular flexibility index (Phi) is 5.67. The van der Waals surface area contributed by atoms with Crippen LogP contribution in [0.4, 0.5) is 0 Å². The van der Waals surface area contributed by atoms with Crippen molar-refractivity contribution >= 4 is 15.9 Å². The van der Waals surface area contributed by atoms with Crippen LogP contribution in [0.5, 0.6) is 0 Å². The van der Waals surface area contributed by atoms with Crippen molar-refractivity contribution in [1.29, 1.82) is 0 Å². The van der Waals surface area contributed by atoms with Gasteiger partial charge in [-0.25, -0.2) is 13.6 Å². The van der Waals surface area contributed by atoms with E-state index in [-0.39, 0.29) is 17.4 Å². The van der Waals surface area contributed by atoms with Crippen LogP contribution in [0, 0.1) is 0 Å². The lowest BCUT2D eigenvalue weighted by molar-refractivity contribution is 0.0772. The number of methoxy groups -OCH3 is 1. The molecule has 0 aliphatic carbocycles. The lowest BCUT2D eigenvalue weighted by atomic mass is 10.1. The van der Waals surface area contributed by atoms with Gasteiger partial charge in [0.25, 0.3) is 5.91 Å². The average molecular weight is 300 g/mol. The molecular formula is C13H20N2O4S. The molecule has 0 spiro atoms. The van der Waals surface area contributed by atoms with Crippen molar-refractivity contribution in [1.82, 2.24) is 4.90 Å². The Morgan fingerprint density at radius 3 is 2.30 bits per heavy atom. The Bertz CT molecular complexity index is 580. The van der Waals surface area contributed by atoms with Gasteiger partial charge in [-0.1, -0.05) is 0 Å². The van der Waals surface area contributed by atoms with Gasteiger partial charge in [-0.2, -0.15) is 0 Å². The summed E-state index contributed by atoms with van der Waals surface area (Å²) in [6.07, 6.45) is 0. The molecule has 7 heteroatoms. The molecule has 0 aromatic heterocycles. The van der Waals surface area contributed by atoms with Crippen molar-refractivity contribution in [2.24, 2.45) is 5.14 Å². The van der Waals surface area contributed by atoms with E-state index in [4.69, 9.17) is 9.88 Å². The van der Waals surface area contributed by atoms with Gasteiger partial charge < -0.3 is 9.64 Å². The average Bonchev–Trinajstić information content (AvgIpc) is 2.39. The van der Waals surface area contributed by atoms with Crippen LogP contribution in [-0.2, 0) is 21.4 Å². The molecule has 0 heterocycles. The van der Waals surface area contributed by atoms with Gasteiger partial charge in [0.1, 0.15) is 0 Å². The van der Waals surface area contributed by atoms with Gasteiger partial charge in [0, 0.05) is 25.8 Å². The molecule has 0 fully saturated rings. The molecule has 0 unspecified atom stereocenters. The molecule has 0 aliphatic heterocycles. The van der Waals surface area contributed by atoms with Gasteiger partial charge in [-0.15, -0.1) is 0 Å². The number of amides is 1. The van der Waals surface area contributed by atoms with Gasteiger partial charge >= 0.3 is 0 Å². The van der Waals surface area contributed by atoms with E-state index >= 15 is 0 Å². The Hall–Kier alpha value is -1.44. The maximum absolute atomic E-state index is 12.3. The largest absolute Gasteiger partial charge is 0.380 e. The van der Waals surface area contributed by atoms with Crippen molar-refractivity contribution < 1.29 is 17.9 Å². The van der Waals surface area contributed by atoms with Crippen molar-refractivity contribution in [3.63, 3.8) is 0 Å². The molecule has 2 N–H and O–H groups in total. The molecule has 0 aliphatic rings. The van der Waals surface area contributed by atoms with E-state index in [9.17, 15) is 13.2 Å². The molecule has 1 aromatic carbocycles. The zero-order valence-electron chi connectivity index (χ0n) is 11.9. The molecule has 1 aromatic rings. The summed E-state index contributed by atoms with van der Waals surface area (Å²) in [5.41, 5.74) is 0.891. The van der Waals surface area contributed by atoms with E-state index in [0.717, 1.165) is 0 Å². The normalized spacial score (nSPS) is 11.4. The lowest BCUT2D eigenvalue weighted by Crippen LogP contribution is -2.30. The van der Waals surface area contributed by atoms with E-state index in [1.807, 2.05) is 13.8 Å². The highest BCUT2D eigenvalue weighted by Crippen LogP contribution is 2.16. The molecule has 0 bridgehead atoms. The first-order valence-corrected chi connectivity index (χ1v) is 7.83. The third-order valence-electron chi connectivity index (χ3n) is 2.90. The first-order chi connectivity index (χ1) is 9.33. The molecular weight excluding hydrogens is 280 g/mol. The minimum Gasteiger partial charge on any atom is -0.380 e. The zero-order chi connectivity index (χ0) is 15.3. The maximum atomic E-state index is 12.3.